The van der Waals surface area contributed by atoms with E-state index in [1.807, 2.05) is 43.3 Å². The van der Waals surface area contributed by atoms with Gasteiger partial charge in [-0.1, -0.05) is 30.0 Å². The second-order valence-corrected chi connectivity index (χ2v) is 5.69. The van der Waals surface area contributed by atoms with Crippen molar-refractivity contribution in [1.29, 1.82) is 0 Å². The monoisotopic (exact) mass is 274 g/mol. The number of hydrogen-bond acceptors (Lipinski definition) is 5. The highest BCUT2D eigenvalue weighted by molar-refractivity contribution is 8.15. The van der Waals surface area contributed by atoms with Crippen molar-refractivity contribution in [3.8, 4) is 0 Å². The number of nitrogens with zero attached hydrogens (tertiary/aromatic N) is 4. The third kappa shape index (κ3) is 1.83. The molecule has 2 heterocycles. The van der Waals surface area contributed by atoms with Crippen molar-refractivity contribution in [3.05, 3.63) is 29.8 Å². The fourth-order valence-electron chi connectivity index (χ4n) is 2.24. The quantitative estimate of drug-likeness (QED) is 0.724. The maximum absolute atomic E-state index is 11.9. The van der Waals surface area contributed by atoms with Crippen molar-refractivity contribution in [2.75, 3.05) is 19.0 Å². The molecular formula is C13H14N4OS. The smallest absolute Gasteiger partial charge is 0.225 e. The summed E-state index contributed by atoms with van der Waals surface area (Å²) < 4.78 is 0. The van der Waals surface area contributed by atoms with Crippen molar-refractivity contribution in [2.45, 2.75) is 12.3 Å². The van der Waals surface area contributed by atoms with E-state index in [2.05, 4.69) is 10.2 Å². The highest BCUT2D eigenvalue weighted by Gasteiger charge is 2.41. The summed E-state index contributed by atoms with van der Waals surface area (Å²) in [6.45, 7) is 1.58. The average molecular weight is 274 g/mol. The molecule has 1 aromatic carbocycles. The van der Waals surface area contributed by atoms with Crippen LogP contribution in [0, 0.1) is 0 Å². The second kappa shape index (κ2) is 4.38. The molecule has 0 saturated heterocycles. The molecule has 0 fully saturated rings. The van der Waals surface area contributed by atoms with E-state index in [1.54, 1.807) is 23.6 Å². The van der Waals surface area contributed by atoms with Crippen molar-refractivity contribution >= 4 is 34.2 Å². The van der Waals surface area contributed by atoms with Crippen molar-refractivity contribution < 1.29 is 4.79 Å². The fourth-order valence-corrected chi connectivity index (χ4v) is 3.40. The minimum atomic E-state index is -0.107. The van der Waals surface area contributed by atoms with E-state index in [4.69, 9.17) is 0 Å². The molecule has 0 aliphatic carbocycles. The average Bonchev–Trinajstić information content (AvgIpc) is 2.72. The zero-order valence-electron chi connectivity index (χ0n) is 11.0. The molecule has 2 aliphatic heterocycles. The number of rotatable bonds is 0. The molecule has 0 unspecified atom stereocenters. The summed E-state index contributed by atoms with van der Waals surface area (Å²) in [4.78, 5) is 15.6. The van der Waals surface area contributed by atoms with Gasteiger partial charge in [0.15, 0.2) is 5.17 Å². The molecule has 0 aromatic heterocycles. The van der Waals surface area contributed by atoms with Crippen LogP contribution < -0.4 is 4.90 Å². The van der Waals surface area contributed by atoms with Crippen LogP contribution in [0.1, 0.15) is 12.5 Å². The Morgan fingerprint density at radius 3 is 2.74 bits per heavy atom. The van der Waals surface area contributed by atoms with Crippen LogP contribution in [0.15, 0.2) is 34.5 Å². The topological polar surface area (TPSA) is 48.3 Å². The SMILES string of the molecule is CC(=O)N1c2ccccc2C2=NN=C(N(C)C)S[C@@H]21. The van der Waals surface area contributed by atoms with E-state index in [-0.39, 0.29) is 11.3 Å². The first-order valence-electron chi connectivity index (χ1n) is 5.98. The number of fused-ring (bicyclic) bond motifs is 3. The molecule has 98 valence electrons. The Hall–Kier alpha value is -1.82. The van der Waals surface area contributed by atoms with Crippen LogP contribution in [0.4, 0.5) is 5.69 Å². The largest absolute Gasteiger partial charge is 0.356 e. The third-order valence-corrected chi connectivity index (χ3v) is 4.41. The first kappa shape index (κ1) is 12.2. The van der Waals surface area contributed by atoms with E-state index in [0.717, 1.165) is 22.1 Å². The number of carbonyl (C=O) groups is 1. The summed E-state index contributed by atoms with van der Waals surface area (Å²) >= 11 is 1.55. The highest BCUT2D eigenvalue weighted by Crippen LogP contribution is 2.39. The maximum Gasteiger partial charge on any atom is 0.225 e. The predicted octanol–water partition coefficient (Wildman–Crippen LogP) is 1.75. The summed E-state index contributed by atoms with van der Waals surface area (Å²) in [5.74, 6) is 0.0233. The predicted molar refractivity (Wildman–Crippen MR) is 78.6 cm³/mol. The van der Waals surface area contributed by atoms with Gasteiger partial charge in [0.05, 0.1) is 5.69 Å². The Kier molecular flexibility index (Phi) is 2.82. The van der Waals surface area contributed by atoms with Gasteiger partial charge >= 0.3 is 0 Å². The zero-order valence-corrected chi connectivity index (χ0v) is 11.8. The van der Waals surface area contributed by atoms with Gasteiger partial charge in [0.2, 0.25) is 5.91 Å². The molecule has 0 bridgehead atoms. The van der Waals surface area contributed by atoms with Gasteiger partial charge in [-0.05, 0) is 6.07 Å². The molecular weight excluding hydrogens is 260 g/mol. The van der Waals surface area contributed by atoms with Gasteiger partial charge in [-0.3, -0.25) is 9.69 Å². The minimum absolute atomic E-state index is 0.0233. The third-order valence-electron chi connectivity index (χ3n) is 3.09. The highest BCUT2D eigenvalue weighted by atomic mass is 32.2. The molecule has 6 heteroatoms. The van der Waals surface area contributed by atoms with Gasteiger partial charge < -0.3 is 4.90 Å². The number of thioether (sulfide) groups is 1. The van der Waals surface area contributed by atoms with Crippen LogP contribution in [0.2, 0.25) is 0 Å². The molecule has 1 amide bonds. The normalized spacial score (nSPS) is 20.4. The van der Waals surface area contributed by atoms with Gasteiger partial charge in [-0.15, -0.1) is 10.2 Å². The number of carbonyl (C=O) groups excluding carboxylic acids is 1. The fraction of sp³-hybridized carbons (Fsp3) is 0.308. The first-order chi connectivity index (χ1) is 9.09. The molecule has 2 aliphatic rings. The van der Waals surface area contributed by atoms with Crippen molar-refractivity contribution in [1.82, 2.24) is 4.90 Å². The van der Waals surface area contributed by atoms with E-state index < -0.39 is 0 Å². The molecule has 0 saturated carbocycles. The Bertz CT molecular complexity index is 608. The number of benzene rings is 1. The molecule has 5 nitrogen and oxygen atoms in total. The van der Waals surface area contributed by atoms with Gasteiger partial charge in [0.1, 0.15) is 11.1 Å². The van der Waals surface area contributed by atoms with Gasteiger partial charge in [0, 0.05) is 26.6 Å². The number of para-hydroxylation sites is 1. The van der Waals surface area contributed by atoms with Crippen molar-refractivity contribution in [3.63, 3.8) is 0 Å². The number of hydrogen-bond donors (Lipinski definition) is 0. The molecule has 1 atom stereocenters. The van der Waals surface area contributed by atoms with E-state index in [9.17, 15) is 4.79 Å². The Balaban J connectivity index is 2.11. The Labute approximate surface area is 116 Å². The molecule has 1 aromatic rings. The minimum Gasteiger partial charge on any atom is -0.356 e. The summed E-state index contributed by atoms with van der Waals surface area (Å²) in [7, 11) is 3.85. The second-order valence-electron chi connectivity index (χ2n) is 4.64. The standard InChI is InChI=1S/C13H14N4OS/c1-8(18)17-10-7-5-4-6-9(10)11-12(17)19-13(15-14-11)16(2)3/h4-7,12H,1-3H3/t12-/m0/s1. The van der Waals surface area contributed by atoms with Crippen molar-refractivity contribution in [2.24, 2.45) is 10.2 Å². The Morgan fingerprint density at radius 2 is 2.05 bits per heavy atom. The van der Waals surface area contributed by atoms with Crippen LogP contribution in [0.3, 0.4) is 0 Å². The molecule has 0 radical (unpaired) electrons. The van der Waals surface area contributed by atoms with Crippen LogP contribution >= 0.6 is 11.8 Å². The molecule has 0 N–H and O–H groups in total. The zero-order chi connectivity index (χ0) is 13.6. The lowest BCUT2D eigenvalue weighted by molar-refractivity contribution is -0.116. The van der Waals surface area contributed by atoms with Crippen LogP contribution in [0.5, 0.6) is 0 Å². The molecule has 0 spiro atoms. The van der Waals surface area contributed by atoms with E-state index >= 15 is 0 Å². The van der Waals surface area contributed by atoms with E-state index in [1.165, 1.54) is 0 Å². The van der Waals surface area contributed by atoms with Gasteiger partial charge in [0.25, 0.3) is 0 Å². The summed E-state index contributed by atoms with van der Waals surface area (Å²) in [6, 6.07) is 7.83. The lowest BCUT2D eigenvalue weighted by atomic mass is 10.1. The van der Waals surface area contributed by atoms with Gasteiger partial charge in [-0.2, -0.15) is 0 Å². The lowest BCUT2D eigenvalue weighted by Gasteiger charge is -2.27. The van der Waals surface area contributed by atoms with Crippen LogP contribution in [-0.4, -0.2) is 41.2 Å². The maximum atomic E-state index is 11.9. The Morgan fingerprint density at radius 1 is 1.32 bits per heavy atom. The number of amidine groups is 1. The van der Waals surface area contributed by atoms with E-state index in [0.29, 0.717) is 0 Å². The molecule has 3 rings (SSSR count). The summed E-state index contributed by atoms with van der Waals surface area (Å²) in [6.07, 6.45) is 0. The van der Waals surface area contributed by atoms with Crippen LogP contribution in [-0.2, 0) is 4.79 Å². The number of anilines is 1. The first-order valence-corrected chi connectivity index (χ1v) is 6.86. The lowest BCUT2D eigenvalue weighted by Crippen LogP contribution is -2.40. The van der Waals surface area contributed by atoms with Crippen LogP contribution in [0.25, 0.3) is 0 Å². The molecule has 19 heavy (non-hydrogen) atoms. The summed E-state index contributed by atoms with van der Waals surface area (Å²) in [5.41, 5.74) is 2.78. The van der Waals surface area contributed by atoms with Gasteiger partial charge in [-0.25, -0.2) is 0 Å². The number of amides is 1. The summed E-state index contributed by atoms with van der Waals surface area (Å²) in [5, 5.41) is 9.24.